The second kappa shape index (κ2) is 3.31. The van der Waals surface area contributed by atoms with Gasteiger partial charge in [0.25, 0.3) is 0 Å². The van der Waals surface area contributed by atoms with Gasteiger partial charge in [-0.3, -0.25) is 9.98 Å². The molecule has 15 heavy (non-hydrogen) atoms. The third-order valence-corrected chi connectivity index (χ3v) is 2.66. The van der Waals surface area contributed by atoms with Crippen LogP contribution in [0.1, 0.15) is 16.7 Å². The second-order valence-electron chi connectivity index (χ2n) is 3.64. The van der Waals surface area contributed by atoms with Crippen LogP contribution in [0.4, 0.5) is 5.69 Å². The highest BCUT2D eigenvalue weighted by Crippen LogP contribution is 2.25. The first kappa shape index (κ1) is 8.36. The van der Waals surface area contributed by atoms with Crippen molar-refractivity contribution in [1.29, 1.82) is 0 Å². The fraction of sp³-hybridized carbons (Fsp3) is 0.0769. The fourth-order valence-corrected chi connectivity index (χ4v) is 1.84. The van der Waals surface area contributed by atoms with E-state index in [9.17, 15) is 0 Å². The summed E-state index contributed by atoms with van der Waals surface area (Å²) in [5.74, 6) is 0. The number of rotatable bonds is 0. The molecule has 2 aromatic rings. The van der Waals surface area contributed by atoms with Crippen LogP contribution in [0, 0.1) is 0 Å². The van der Waals surface area contributed by atoms with Crippen LogP contribution in [0.25, 0.3) is 0 Å². The van der Waals surface area contributed by atoms with Crippen molar-refractivity contribution >= 4 is 11.9 Å². The number of nitrogens with zero attached hydrogens (tertiary/aromatic N) is 2. The zero-order chi connectivity index (χ0) is 10.1. The molecular weight excluding hydrogens is 184 g/mol. The van der Waals surface area contributed by atoms with Crippen molar-refractivity contribution in [3.05, 3.63) is 59.4 Å². The smallest absolute Gasteiger partial charge is 0.0665 e. The maximum absolute atomic E-state index is 4.46. The van der Waals surface area contributed by atoms with Crippen molar-refractivity contribution in [3.63, 3.8) is 0 Å². The summed E-state index contributed by atoms with van der Waals surface area (Å²) in [6.07, 6.45) is 6.54. The fourth-order valence-electron chi connectivity index (χ4n) is 1.84. The van der Waals surface area contributed by atoms with Crippen LogP contribution >= 0.6 is 0 Å². The quantitative estimate of drug-likeness (QED) is 0.540. The maximum Gasteiger partial charge on any atom is 0.0665 e. The molecule has 0 spiro atoms. The molecule has 0 aliphatic carbocycles. The number of hydrogen-bond acceptors (Lipinski definition) is 2. The molecule has 0 atom stereocenters. The Labute approximate surface area is 88.3 Å². The standard InChI is InChI=1S/C13H10N2/c1-2-4-13-11(3-1)7-10-5-6-14-8-12(10)9-15-13/h1-6,8-9H,7H2. The molecule has 1 aromatic heterocycles. The van der Waals surface area contributed by atoms with Gasteiger partial charge in [-0.2, -0.15) is 0 Å². The predicted molar refractivity (Wildman–Crippen MR) is 60.7 cm³/mol. The van der Waals surface area contributed by atoms with Gasteiger partial charge >= 0.3 is 0 Å². The Morgan fingerprint density at radius 3 is 2.93 bits per heavy atom. The molecule has 0 amide bonds. The largest absolute Gasteiger partial charge is 0.264 e. The lowest BCUT2D eigenvalue weighted by Gasteiger charge is -2.03. The van der Waals surface area contributed by atoms with Gasteiger partial charge in [0.1, 0.15) is 0 Å². The third kappa shape index (κ3) is 1.44. The van der Waals surface area contributed by atoms with Gasteiger partial charge in [-0.05, 0) is 23.3 Å². The van der Waals surface area contributed by atoms with Gasteiger partial charge in [-0.1, -0.05) is 18.2 Å². The summed E-state index contributed by atoms with van der Waals surface area (Å²) in [4.78, 5) is 8.57. The van der Waals surface area contributed by atoms with Crippen molar-refractivity contribution in [3.8, 4) is 0 Å². The SMILES string of the molecule is C1=Nc2ccccc2Cc2ccncc21. The lowest BCUT2D eigenvalue weighted by molar-refractivity contribution is 1.16. The first-order valence-corrected chi connectivity index (χ1v) is 4.98. The number of benzene rings is 1. The first-order valence-electron chi connectivity index (χ1n) is 4.98. The van der Waals surface area contributed by atoms with E-state index in [4.69, 9.17) is 0 Å². The molecule has 2 heterocycles. The summed E-state index contributed by atoms with van der Waals surface area (Å²) in [5, 5.41) is 0. The Hall–Kier alpha value is -1.96. The van der Waals surface area contributed by atoms with Gasteiger partial charge in [-0.25, -0.2) is 0 Å². The molecule has 0 radical (unpaired) electrons. The Morgan fingerprint density at radius 2 is 1.93 bits per heavy atom. The van der Waals surface area contributed by atoms with Crippen molar-refractivity contribution in [1.82, 2.24) is 4.98 Å². The van der Waals surface area contributed by atoms with Crippen LogP contribution < -0.4 is 0 Å². The highest BCUT2D eigenvalue weighted by molar-refractivity contribution is 5.85. The minimum Gasteiger partial charge on any atom is -0.264 e. The summed E-state index contributed by atoms with van der Waals surface area (Å²) < 4.78 is 0. The Bertz CT molecular complexity index is 482. The third-order valence-electron chi connectivity index (χ3n) is 2.66. The Kier molecular flexibility index (Phi) is 1.85. The summed E-state index contributed by atoms with van der Waals surface area (Å²) in [7, 11) is 0. The molecule has 0 saturated heterocycles. The van der Waals surface area contributed by atoms with Crippen LogP contribution in [0.15, 0.2) is 47.7 Å². The molecule has 0 unspecified atom stereocenters. The first-order chi connectivity index (χ1) is 7.43. The van der Waals surface area contributed by atoms with E-state index in [0.717, 1.165) is 17.7 Å². The monoisotopic (exact) mass is 194 g/mol. The number of pyridine rings is 1. The van der Waals surface area contributed by atoms with Gasteiger partial charge in [0, 0.05) is 30.6 Å². The number of aliphatic imine (C=N–C) groups is 1. The lowest BCUT2D eigenvalue weighted by atomic mass is 10.0. The van der Waals surface area contributed by atoms with Crippen molar-refractivity contribution in [2.24, 2.45) is 4.99 Å². The van der Waals surface area contributed by atoms with Gasteiger partial charge in [0.2, 0.25) is 0 Å². The maximum atomic E-state index is 4.46. The van der Waals surface area contributed by atoms with E-state index in [0.29, 0.717) is 0 Å². The Morgan fingerprint density at radius 1 is 1.00 bits per heavy atom. The number of hydrogen-bond donors (Lipinski definition) is 0. The highest BCUT2D eigenvalue weighted by Gasteiger charge is 2.08. The zero-order valence-electron chi connectivity index (χ0n) is 8.22. The highest BCUT2D eigenvalue weighted by atomic mass is 14.7. The summed E-state index contributed by atoms with van der Waals surface area (Å²) in [6, 6.07) is 10.3. The number of aromatic nitrogens is 1. The average Bonchev–Trinajstić information content (AvgIpc) is 2.48. The zero-order valence-corrected chi connectivity index (χ0v) is 8.22. The minimum atomic E-state index is 0.939. The summed E-state index contributed by atoms with van der Waals surface area (Å²) in [5.41, 5.74) is 4.75. The molecule has 0 saturated carbocycles. The lowest BCUT2D eigenvalue weighted by Crippen LogP contribution is -1.92. The van der Waals surface area contributed by atoms with Gasteiger partial charge in [0.05, 0.1) is 5.69 Å². The molecule has 3 rings (SSSR count). The molecule has 1 aliphatic rings. The van der Waals surface area contributed by atoms with Gasteiger partial charge < -0.3 is 0 Å². The van der Waals surface area contributed by atoms with Crippen LogP contribution in [0.3, 0.4) is 0 Å². The van der Waals surface area contributed by atoms with E-state index < -0.39 is 0 Å². The molecule has 0 N–H and O–H groups in total. The second-order valence-corrected chi connectivity index (χ2v) is 3.64. The van der Waals surface area contributed by atoms with Crippen LogP contribution in [-0.4, -0.2) is 11.2 Å². The van der Waals surface area contributed by atoms with E-state index in [1.807, 2.05) is 30.7 Å². The summed E-state index contributed by atoms with van der Waals surface area (Å²) >= 11 is 0. The summed E-state index contributed by atoms with van der Waals surface area (Å²) in [6.45, 7) is 0. The van der Waals surface area contributed by atoms with E-state index >= 15 is 0 Å². The van der Waals surface area contributed by atoms with Crippen LogP contribution in [0.2, 0.25) is 0 Å². The van der Waals surface area contributed by atoms with Crippen molar-refractivity contribution in [2.75, 3.05) is 0 Å². The van der Waals surface area contributed by atoms with E-state index in [1.54, 1.807) is 0 Å². The normalized spacial score (nSPS) is 12.8. The van der Waals surface area contributed by atoms with Crippen LogP contribution in [-0.2, 0) is 6.42 Å². The number of fused-ring (bicyclic) bond motifs is 2. The van der Waals surface area contributed by atoms with Gasteiger partial charge in [0.15, 0.2) is 0 Å². The molecule has 1 aliphatic heterocycles. The van der Waals surface area contributed by atoms with E-state index in [2.05, 4.69) is 28.2 Å². The van der Waals surface area contributed by atoms with E-state index in [1.165, 1.54) is 11.1 Å². The molecule has 0 bridgehead atoms. The number of para-hydroxylation sites is 1. The van der Waals surface area contributed by atoms with E-state index in [-0.39, 0.29) is 0 Å². The Balaban J connectivity index is 2.19. The van der Waals surface area contributed by atoms with Gasteiger partial charge in [-0.15, -0.1) is 0 Å². The molecule has 2 nitrogen and oxygen atoms in total. The molecular formula is C13H10N2. The van der Waals surface area contributed by atoms with Crippen LogP contribution in [0.5, 0.6) is 0 Å². The average molecular weight is 194 g/mol. The van der Waals surface area contributed by atoms with Crippen molar-refractivity contribution in [2.45, 2.75) is 6.42 Å². The molecule has 0 fully saturated rings. The molecule has 1 aromatic carbocycles. The molecule has 2 heteroatoms. The molecule has 72 valence electrons. The minimum absolute atomic E-state index is 0.939. The topological polar surface area (TPSA) is 25.2 Å². The van der Waals surface area contributed by atoms with Crippen molar-refractivity contribution < 1.29 is 0 Å². The predicted octanol–water partition coefficient (Wildman–Crippen LogP) is 2.74.